The Morgan fingerprint density at radius 3 is 2.79 bits per heavy atom. The number of hydrogen-bond acceptors (Lipinski definition) is 5. The number of nitrogens with one attached hydrogen (secondary N) is 1. The first-order valence-electron chi connectivity index (χ1n) is 12.0. The van der Waals surface area contributed by atoms with Crippen molar-refractivity contribution in [2.75, 3.05) is 5.73 Å². The second-order valence-corrected chi connectivity index (χ2v) is 10.2. The lowest BCUT2D eigenvalue weighted by molar-refractivity contribution is 0.356. The molecule has 1 aliphatic rings. The summed E-state index contributed by atoms with van der Waals surface area (Å²) in [6.07, 6.45) is 8.79. The molecule has 2 atom stereocenters. The number of nitrogen functional groups attached to an aromatic ring is 1. The van der Waals surface area contributed by atoms with Crippen molar-refractivity contribution in [1.82, 2.24) is 19.7 Å². The van der Waals surface area contributed by atoms with Gasteiger partial charge in [-0.25, -0.2) is 14.4 Å². The monoisotopic (exact) mass is 484 g/mol. The maximum absolute atomic E-state index is 15.5. The Bertz CT molecular complexity index is 1220. The van der Waals surface area contributed by atoms with E-state index in [1.165, 1.54) is 0 Å². The fourth-order valence-corrected chi connectivity index (χ4v) is 5.30. The van der Waals surface area contributed by atoms with Crippen molar-refractivity contribution in [2.45, 2.75) is 71.4 Å². The summed E-state index contributed by atoms with van der Waals surface area (Å²) in [5.41, 5.74) is 16.8. The number of nitrogens with zero attached hydrogens (tertiary/aromatic N) is 3. The van der Waals surface area contributed by atoms with E-state index in [1.54, 1.807) is 12.3 Å². The van der Waals surface area contributed by atoms with E-state index in [2.05, 4.69) is 30.7 Å². The molecule has 6 nitrogen and oxygen atoms in total. The van der Waals surface area contributed by atoms with E-state index in [0.717, 1.165) is 53.8 Å². The van der Waals surface area contributed by atoms with Gasteiger partial charge >= 0.3 is 0 Å². The summed E-state index contributed by atoms with van der Waals surface area (Å²) < 4.78 is 17.5. The molecule has 34 heavy (non-hydrogen) atoms. The summed E-state index contributed by atoms with van der Waals surface area (Å²) in [7, 11) is 0. The summed E-state index contributed by atoms with van der Waals surface area (Å²) in [6, 6.07) is 1.82. The molecule has 1 saturated carbocycles. The molecule has 8 heteroatoms. The van der Waals surface area contributed by atoms with E-state index in [4.69, 9.17) is 28.1 Å². The van der Waals surface area contributed by atoms with Gasteiger partial charge in [0.25, 0.3) is 0 Å². The van der Waals surface area contributed by atoms with Crippen LogP contribution in [0, 0.1) is 18.7 Å². The number of aryl methyl sites for hydroxylation is 1. The van der Waals surface area contributed by atoms with Crippen molar-refractivity contribution in [3.63, 3.8) is 0 Å². The van der Waals surface area contributed by atoms with Gasteiger partial charge in [0, 0.05) is 42.2 Å². The molecule has 0 radical (unpaired) electrons. The number of fused-ring (bicyclic) bond motifs is 1. The van der Waals surface area contributed by atoms with Crippen LogP contribution in [-0.2, 0) is 12.8 Å². The summed E-state index contributed by atoms with van der Waals surface area (Å²) in [4.78, 5) is 8.93. The predicted molar refractivity (Wildman–Crippen MR) is 137 cm³/mol. The third kappa shape index (κ3) is 4.77. The first-order valence-corrected chi connectivity index (χ1v) is 12.3. The number of benzene rings is 1. The maximum atomic E-state index is 15.5. The highest BCUT2D eigenvalue weighted by atomic mass is 35.5. The first kappa shape index (κ1) is 24.5. The van der Waals surface area contributed by atoms with Gasteiger partial charge < -0.3 is 16.8 Å². The molecule has 0 saturated heterocycles. The van der Waals surface area contributed by atoms with Crippen LogP contribution in [0.4, 0.5) is 10.2 Å². The van der Waals surface area contributed by atoms with Crippen LogP contribution < -0.4 is 16.8 Å². The summed E-state index contributed by atoms with van der Waals surface area (Å²) >= 11 is 6.43. The third-order valence-electron chi connectivity index (χ3n) is 6.69. The fourth-order valence-electron chi connectivity index (χ4n) is 5.07. The largest absolute Gasteiger partial charge is 0.382 e. The number of hydrogen-bond donors (Lipinski definition) is 3. The highest BCUT2D eigenvalue weighted by Crippen LogP contribution is 2.34. The van der Waals surface area contributed by atoms with Gasteiger partial charge in [0.2, 0.25) is 0 Å². The van der Waals surface area contributed by atoms with E-state index in [1.807, 2.05) is 17.5 Å². The second-order valence-electron chi connectivity index (χ2n) is 9.78. The summed E-state index contributed by atoms with van der Waals surface area (Å²) in [5.74, 6) is 1.09. The Morgan fingerprint density at radius 2 is 2.09 bits per heavy atom. The Balaban J connectivity index is 1.78. The minimum absolute atomic E-state index is 0.0269. The minimum Gasteiger partial charge on any atom is -0.382 e. The Labute approximate surface area is 205 Å². The number of anilines is 1. The normalized spacial score (nSPS) is 18.6. The van der Waals surface area contributed by atoms with Gasteiger partial charge in [-0.3, -0.25) is 4.40 Å². The molecule has 3 aromatic rings. The highest BCUT2D eigenvalue weighted by Gasteiger charge is 2.26. The van der Waals surface area contributed by atoms with Crippen molar-refractivity contribution in [1.29, 1.82) is 0 Å². The lowest BCUT2D eigenvalue weighted by Gasteiger charge is -2.32. The van der Waals surface area contributed by atoms with Gasteiger partial charge in [-0.1, -0.05) is 44.9 Å². The molecule has 1 aromatic carbocycles. The Kier molecular flexibility index (Phi) is 7.14. The quantitative estimate of drug-likeness (QED) is 0.437. The predicted octanol–water partition coefficient (Wildman–Crippen LogP) is 5.03. The van der Waals surface area contributed by atoms with Gasteiger partial charge in [-0.15, -0.1) is 0 Å². The number of rotatable bonds is 7. The molecule has 4 rings (SSSR count). The van der Waals surface area contributed by atoms with Gasteiger partial charge in [-0.2, -0.15) is 0 Å². The second kappa shape index (κ2) is 9.92. The van der Waals surface area contributed by atoms with Crippen LogP contribution in [-0.4, -0.2) is 26.5 Å². The van der Waals surface area contributed by atoms with Crippen LogP contribution in [0.5, 0.6) is 0 Å². The molecular formula is C26H34ClFN6. The molecule has 5 N–H and O–H groups in total. The van der Waals surface area contributed by atoms with Crippen LogP contribution in [0.3, 0.4) is 0 Å². The zero-order valence-corrected chi connectivity index (χ0v) is 20.9. The minimum atomic E-state index is -0.444. The molecule has 0 aliphatic heterocycles. The van der Waals surface area contributed by atoms with Crippen molar-refractivity contribution < 1.29 is 4.39 Å². The zero-order chi connectivity index (χ0) is 24.6. The summed E-state index contributed by atoms with van der Waals surface area (Å²) in [6.45, 7) is 10.4. The smallest absolute Gasteiger partial charge is 0.151 e. The Morgan fingerprint density at radius 1 is 1.35 bits per heavy atom. The van der Waals surface area contributed by atoms with Crippen molar-refractivity contribution in [3.05, 3.63) is 64.1 Å². The van der Waals surface area contributed by atoms with E-state index < -0.39 is 5.82 Å². The lowest BCUT2D eigenvalue weighted by Crippen LogP contribution is -2.46. The SMILES string of the molecule is C=C(NC1CCCCC1N)c1c(F)c(Cl)cc(Cc2nc(C)c3c(N)nccn23)c1CC(C)C. The first-order chi connectivity index (χ1) is 16.2. The molecule has 0 amide bonds. The molecule has 2 heterocycles. The van der Waals surface area contributed by atoms with E-state index in [-0.39, 0.29) is 17.1 Å². The molecule has 1 aliphatic carbocycles. The lowest BCUT2D eigenvalue weighted by atomic mass is 9.88. The van der Waals surface area contributed by atoms with Gasteiger partial charge in [0.1, 0.15) is 17.2 Å². The average Bonchev–Trinajstić information content (AvgIpc) is 3.09. The number of halogens is 2. The number of nitrogens with two attached hydrogens (primary N) is 2. The molecule has 182 valence electrons. The standard InChI is InChI=1S/C26H34ClFN6/c1-14(2)11-18-17(13-22-33-16(4)25-26(30)31-9-10-34(22)25)12-19(27)24(28)23(18)15(3)32-21-8-6-5-7-20(21)29/h9-10,12,14,20-21,32H,3,5-8,11,13,29H2,1-2,4H3,(H2,30,31). The maximum Gasteiger partial charge on any atom is 0.151 e. The van der Waals surface area contributed by atoms with Crippen molar-refractivity contribution in [3.8, 4) is 0 Å². The third-order valence-corrected chi connectivity index (χ3v) is 6.97. The van der Waals surface area contributed by atoms with Gasteiger partial charge in [-0.05, 0) is 49.3 Å². The summed E-state index contributed by atoms with van der Waals surface area (Å²) in [5, 5.41) is 3.51. The highest BCUT2D eigenvalue weighted by molar-refractivity contribution is 6.31. The van der Waals surface area contributed by atoms with Crippen LogP contribution in [0.25, 0.3) is 11.2 Å². The molecule has 1 fully saturated rings. The number of aromatic nitrogens is 3. The molecule has 0 bridgehead atoms. The van der Waals surface area contributed by atoms with E-state index in [0.29, 0.717) is 35.8 Å². The van der Waals surface area contributed by atoms with Gasteiger partial charge in [0.15, 0.2) is 5.82 Å². The van der Waals surface area contributed by atoms with Crippen LogP contribution in [0.2, 0.25) is 5.02 Å². The van der Waals surface area contributed by atoms with Crippen molar-refractivity contribution in [2.24, 2.45) is 11.7 Å². The van der Waals surface area contributed by atoms with Crippen LogP contribution >= 0.6 is 11.6 Å². The Hall–Kier alpha value is -2.64. The van der Waals surface area contributed by atoms with Crippen molar-refractivity contribution >= 4 is 28.6 Å². The molecule has 0 spiro atoms. The van der Waals surface area contributed by atoms with Crippen LogP contribution in [0.15, 0.2) is 25.0 Å². The average molecular weight is 485 g/mol. The van der Waals surface area contributed by atoms with Crippen LogP contribution in [0.1, 0.15) is 67.7 Å². The van der Waals surface area contributed by atoms with Gasteiger partial charge in [0.05, 0.1) is 10.7 Å². The van der Waals surface area contributed by atoms with E-state index >= 15 is 4.39 Å². The molecule has 2 aromatic heterocycles. The topological polar surface area (TPSA) is 94.3 Å². The number of imidazole rings is 1. The molecule has 2 unspecified atom stereocenters. The molecular weight excluding hydrogens is 451 g/mol. The fraction of sp³-hybridized carbons (Fsp3) is 0.462. The van der Waals surface area contributed by atoms with E-state index in [9.17, 15) is 0 Å². The zero-order valence-electron chi connectivity index (χ0n) is 20.2.